The lowest BCUT2D eigenvalue weighted by molar-refractivity contribution is 0.0694. The van der Waals surface area contributed by atoms with Crippen molar-refractivity contribution in [2.24, 2.45) is 0 Å². The maximum absolute atomic E-state index is 9.98. The molecule has 2 aliphatic carbocycles. The number of rotatable bonds is 4. The van der Waals surface area contributed by atoms with Gasteiger partial charge in [-0.25, -0.2) is 0 Å². The molecule has 0 aliphatic heterocycles. The van der Waals surface area contributed by atoms with E-state index in [1.165, 1.54) is 24.8 Å². The lowest BCUT2D eigenvalue weighted by Gasteiger charge is -2.27. The predicted octanol–water partition coefficient (Wildman–Crippen LogP) is 1.61. The quantitative estimate of drug-likeness (QED) is 0.833. The van der Waals surface area contributed by atoms with Gasteiger partial charge in [0.15, 0.2) is 0 Å². The summed E-state index contributed by atoms with van der Waals surface area (Å²) >= 11 is 0. The highest BCUT2D eigenvalue weighted by Crippen LogP contribution is 2.28. The van der Waals surface area contributed by atoms with E-state index < -0.39 is 0 Å². The van der Waals surface area contributed by atoms with Gasteiger partial charge in [-0.3, -0.25) is 4.68 Å². The van der Waals surface area contributed by atoms with Crippen LogP contribution in [0.5, 0.6) is 0 Å². The maximum Gasteiger partial charge on any atom is 0.0778 e. The van der Waals surface area contributed by atoms with Crippen LogP contribution in [0.25, 0.3) is 0 Å². The lowest BCUT2D eigenvalue weighted by atomic mass is 9.93. The first kappa shape index (κ1) is 11.2. The molecule has 2 aliphatic rings. The summed E-state index contributed by atoms with van der Waals surface area (Å²) < 4.78 is 1.97. The summed E-state index contributed by atoms with van der Waals surface area (Å²) in [5.74, 6) is 0. The second-order valence-electron chi connectivity index (χ2n) is 5.40. The minimum Gasteiger partial charge on any atom is -0.391 e. The molecule has 3 rings (SSSR count). The van der Waals surface area contributed by atoms with Gasteiger partial charge in [0, 0.05) is 24.3 Å². The van der Waals surface area contributed by atoms with Gasteiger partial charge >= 0.3 is 0 Å². The van der Waals surface area contributed by atoms with Gasteiger partial charge in [0.05, 0.1) is 18.3 Å². The molecule has 2 saturated carbocycles. The van der Waals surface area contributed by atoms with E-state index in [1.54, 1.807) is 0 Å². The van der Waals surface area contributed by atoms with Gasteiger partial charge < -0.3 is 10.4 Å². The summed E-state index contributed by atoms with van der Waals surface area (Å²) in [7, 11) is 0. The summed E-state index contributed by atoms with van der Waals surface area (Å²) in [4.78, 5) is 0. The van der Waals surface area contributed by atoms with Crippen LogP contribution in [-0.4, -0.2) is 27.0 Å². The zero-order chi connectivity index (χ0) is 11.7. The molecule has 0 amide bonds. The van der Waals surface area contributed by atoms with Crippen LogP contribution in [0.1, 0.15) is 50.1 Å². The third-order valence-electron chi connectivity index (χ3n) is 3.86. The Kier molecular flexibility index (Phi) is 3.16. The highest BCUT2D eigenvalue weighted by molar-refractivity contribution is 5.05. The zero-order valence-corrected chi connectivity index (χ0v) is 10.2. The summed E-state index contributed by atoms with van der Waals surface area (Å²) in [5, 5.41) is 17.9. The van der Waals surface area contributed by atoms with Crippen LogP contribution in [0, 0.1) is 0 Å². The predicted molar refractivity (Wildman–Crippen MR) is 65.6 cm³/mol. The molecule has 1 aromatic rings. The Balaban J connectivity index is 1.61. The number of aromatic nitrogens is 2. The second-order valence-corrected chi connectivity index (χ2v) is 5.40. The van der Waals surface area contributed by atoms with Crippen LogP contribution in [0.3, 0.4) is 0 Å². The van der Waals surface area contributed by atoms with E-state index in [9.17, 15) is 5.11 Å². The van der Waals surface area contributed by atoms with Crippen molar-refractivity contribution in [3.8, 4) is 0 Å². The van der Waals surface area contributed by atoms with Crippen LogP contribution < -0.4 is 5.32 Å². The Labute approximate surface area is 102 Å². The molecule has 1 heterocycles. The van der Waals surface area contributed by atoms with Crippen molar-refractivity contribution in [1.82, 2.24) is 15.1 Å². The summed E-state index contributed by atoms with van der Waals surface area (Å²) in [6.07, 6.45) is 10.8. The molecule has 0 radical (unpaired) electrons. The molecule has 4 nitrogen and oxygen atoms in total. The van der Waals surface area contributed by atoms with Crippen LogP contribution in [0.15, 0.2) is 12.4 Å². The maximum atomic E-state index is 9.98. The first-order valence-electron chi connectivity index (χ1n) is 6.77. The van der Waals surface area contributed by atoms with Crippen molar-refractivity contribution >= 4 is 0 Å². The minimum atomic E-state index is -0.215. The summed E-state index contributed by atoms with van der Waals surface area (Å²) in [6.45, 7) is 0.910. The SMILES string of the molecule is OC1CCCCC1n1cc(CNC2CC2)cn1. The molecule has 0 aromatic carbocycles. The first-order chi connectivity index (χ1) is 8.33. The standard InChI is InChI=1S/C13H21N3O/c17-13-4-2-1-3-12(13)16-9-10(8-15-16)7-14-11-5-6-11/h8-9,11-14,17H,1-7H2. The van der Waals surface area contributed by atoms with Gasteiger partial charge in [-0.2, -0.15) is 5.10 Å². The third kappa shape index (κ3) is 2.69. The van der Waals surface area contributed by atoms with E-state index in [0.29, 0.717) is 0 Å². The van der Waals surface area contributed by atoms with E-state index in [1.807, 2.05) is 10.9 Å². The fraction of sp³-hybridized carbons (Fsp3) is 0.769. The van der Waals surface area contributed by atoms with E-state index in [0.717, 1.165) is 31.8 Å². The number of aliphatic hydroxyl groups is 1. The Bertz CT molecular complexity index is 372. The van der Waals surface area contributed by atoms with Crippen LogP contribution >= 0.6 is 0 Å². The zero-order valence-electron chi connectivity index (χ0n) is 10.2. The van der Waals surface area contributed by atoms with Gasteiger partial charge in [-0.15, -0.1) is 0 Å². The molecule has 0 saturated heterocycles. The normalized spacial score (nSPS) is 29.5. The number of aliphatic hydroxyl groups excluding tert-OH is 1. The van der Waals surface area contributed by atoms with Gasteiger partial charge in [0.1, 0.15) is 0 Å². The van der Waals surface area contributed by atoms with Crippen LogP contribution in [0.2, 0.25) is 0 Å². The van der Waals surface area contributed by atoms with Gasteiger partial charge in [0.2, 0.25) is 0 Å². The smallest absolute Gasteiger partial charge is 0.0778 e. The molecule has 0 bridgehead atoms. The average molecular weight is 235 g/mol. The van der Waals surface area contributed by atoms with Gasteiger partial charge in [-0.05, 0) is 25.7 Å². The number of hydrogen-bond donors (Lipinski definition) is 2. The van der Waals surface area contributed by atoms with Crippen molar-refractivity contribution in [2.45, 2.75) is 63.3 Å². The van der Waals surface area contributed by atoms with Gasteiger partial charge in [0.25, 0.3) is 0 Å². The Morgan fingerprint density at radius 1 is 1.29 bits per heavy atom. The molecule has 2 atom stereocenters. The van der Waals surface area contributed by atoms with Crippen molar-refractivity contribution < 1.29 is 5.11 Å². The Morgan fingerprint density at radius 2 is 2.12 bits per heavy atom. The monoisotopic (exact) mass is 235 g/mol. The van der Waals surface area contributed by atoms with Crippen LogP contribution in [0.4, 0.5) is 0 Å². The molecule has 0 spiro atoms. The highest BCUT2D eigenvalue weighted by Gasteiger charge is 2.25. The van der Waals surface area contributed by atoms with Gasteiger partial charge in [-0.1, -0.05) is 12.8 Å². The molecular formula is C13H21N3O. The number of hydrogen-bond acceptors (Lipinski definition) is 3. The van der Waals surface area contributed by atoms with Crippen molar-refractivity contribution in [2.75, 3.05) is 0 Å². The molecule has 2 unspecified atom stereocenters. The van der Waals surface area contributed by atoms with Crippen molar-refractivity contribution in [3.63, 3.8) is 0 Å². The lowest BCUT2D eigenvalue weighted by Crippen LogP contribution is -2.27. The highest BCUT2D eigenvalue weighted by atomic mass is 16.3. The molecule has 2 fully saturated rings. The molecule has 1 aromatic heterocycles. The number of nitrogens with one attached hydrogen (secondary N) is 1. The average Bonchev–Trinajstić information content (AvgIpc) is 3.06. The van der Waals surface area contributed by atoms with Crippen LogP contribution in [-0.2, 0) is 6.54 Å². The Hall–Kier alpha value is -0.870. The topological polar surface area (TPSA) is 50.1 Å². The molecule has 4 heteroatoms. The fourth-order valence-corrected chi connectivity index (χ4v) is 2.60. The van der Waals surface area contributed by atoms with E-state index in [4.69, 9.17) is 0 Å². The minimum absolute atomic E-state index is 0.193. The van der Waals surface area contributed by atoms with E-state index >= 15 is 0 Å². The van der Waals surface area contributed by atoms with Crippen molar-refractivity contribution in [1.29, 1.82) is 0 Å². The second kappa shape index (κ2) is 4.78. The molecular weight excluding hydrogens is 214 g/mol. The fourth-order valence-electron chi connectivity index (χ4n) is 2.60. The van der Waals surface area contributed by atoms with E-state index in [2.05, 4.69) is 16.6 Å². The van der Waals surface area contributed by atoms with E-state index in [-0.39, 0.29) is 12.1 Å². The third-order valence-corrected chi connectivity index (χ3v) is 3.86. The molecule has 94 valence electrons. The summed E-state index contributed by atoms with van der Waals surface area (Å²) in [5.41, 5.74) is 1.23. The Morgan fingerprint density at radius 3 is 2.88 bits per heavy atom. The molecule has 2 N–H and O–H groups in total. The van der Waals surface area contributed by atoms with Crippen molar-refractivity contribution in [3.05, 3.63) is 18.0 Å². The summed E-state index contributed by atoms with van der Waals surface area (Å²) in [6, 6.07) is 0.928. The number of nitrogens with zero attached hydrogens (tertiary/aromatic N) is 2. The molecule has 17 heavy (non-hydrogen) atoms. The largest absolute Gasteiger partial charge is 0.391 e. The first-order valence-corrected chi connectivity index (χ1v) is 6.77.